The van der Waals surface area contributed by atoms with Crippen LogP contribution in [0.15, 0.2) is 83.8 Å². The molecule has 0 unspecified atom stereocenters. The number of hydrogen-bond donors (Lipinski definition) is 2. The van der Waals surface area contributed by atoms with Crippen molar-refractivity contribution in [3.8, 4) is 0 Å². The minimum Gasteiger partial charge on any atom is -0.477 e. The highest BCUT2D eigenvalue weighted by Gasteiger charge is 2.30. The molecule has 1 fully saturated rings. The third-order valence-corrected chi connectivity index (χ3v) is 7.74. The van der Waals surface area contributed by atoms with Gasteiger partial charge < -0.3 is 29.5 Å². The number of amides is 2. The topological polar surface area (TPSA) is 121 Å². The number of piperazine rings is 1. The fourth-order valence-corrected chi connectivity index (χ4v) is 5.40. The molecule has 0 bridgehead atoms. The number of benzene rings is 3. The molecule has 1 aliphatic heterocycles. The van der Waals surface area contributed by atoms with E-state index in [1.807, 2.05) is 60.7 Å². The number of aromatic nitrogens is 1. The van der Waals surface area contributed by atoms with E-state index in [0.717, 1.165) is 17.2 Å². The number of ether oxygens (including phenoxy) is 1. The van der Waals surface area contributed by atoms with Gasteiger partial charge in [0.25, 0.3) is 0 Å². The number of aromatic carboxylic acids is 1. The molecule has 1 atom stereocenters. The summed E-state index contributed by atoms with van der Waals surface area (Å²) in [5.41, 5.74) is 1.23. The summed E-state index contributed by atoms with van der Waals surface area (Å²) in [6.07, 6.45) is 0.843. The maximum atomic E-state index is 15.3. The molecule has 2 amide bonds. The Morgan fingerprint density at radius 2 is 1.59 bits per heavy atom. The first-order chi connectivity index (χ1) is 21.2. The Kier molecular flexibility index (Phi) is 9.23. The molecule has 0 saturated carbocycles. The lowest BCUT2D eigenvalue weighted by atomic mass is 10.0. The normalized spacial score (nSPS) is 13.9. The predicted octanol–water partition coefficient (Wildman–Crippen LogP) is 4.05. The molecule has 3 aromatic carbocycles. The van der Waals surface area contributed by atoms with Gasteiger partial charge in [0.15, 0.2) is 0 Å². The molecule has 10 nitrogen and oxygen atoms in total. The van der Waals surface area contributed by atoms with Crippen LogP contribution in [-0.2, 0) is 29.1 Å². The van der Waals surface area contributed by atoms with Crippen LogP contribution in [0.2, 0.25) is 0 Å². The van der Waals surface area contributed by atoms with E-state index >= 15 is 4.39 Å². The zero-order chi connectivity index (χ0) is 31.2. The van der Waals surface area contributed by atoms with Gasteiger partial charge in [-0.15, -0.1) is 0 Å². The second-order valence-electron chi connectivity index (χ2n) is 10.5. The smallest absolute Gasteiger partial charge is 0.408 e. The van der Waals surface area contributed by atoms with Crippen LogP contribution >= 0.6 is 0 Å². The quantitative estimate of drug-likeness (QED) is 0.297. The summed E-state index contributed by atoms with van der Waals surface area (Å²) in [7, 11) is 0. The third kappa shape index (κ3) is 6.72. The average Bonchev–Trinajstić information content (AvgIpc) is 3.04. The molecular formula is C33H33FN4O6. The van der Waals surface area contributed by atoms with E-state index in [2.05, 4.69) is 5.32 Å². The SMILES string of the molecule is CCn1cc(C(=O)O)c(=O)c2cc(F)c(N3CCN(C(=O)[C@H](Cc4ccccc4)NC(=O)OCc4ccccc4)CC3)cc21. The molecule has 11 heteroatoms. The van der Waals surface area contributed by atoms with E-state index in [-0.39, 0.29) is 43.1 Å². The van der Waals surface area contributed by atoms with Gasteiger partial charge in [-0.2, -0.15) is 0 Å². The van der Waals surface area contributed by atoms with Crippen molar-refractivity contribution < 1.29 is 28.6 Å². The van der Waals surface area contributed by atoms with Crippen molar-refractivity contribution in [3.63, 3.8) is 0 Å². The number of carboxylic acids is 1. The van der Waals surface area contributed by atoms with Crippen molar-refractivity contribution in [2.45, 2.75) is 32.5 Å². The standard InChI is InChI=1S/C33H33FN4O6/c1-2-36-20-25(32(41)42)30(39)24-18-26(34)29(19-28(24)36)37-13-15-38(16-14-37)31(40)27(17-22-9-5-3-6-10-22)35-33(43)44-21-23-11-7-4-8-12-23/h3-12,18-20,27H,2,13-17,21H2,1H3,(H,35,43)(H,41,42)/t27-/m0/s1. The maximum Gasteiger partial charge on any atom is 0.408 e. The zero-order valence-corrected chi connectivity index (χ0v) is 24.2. The zero-order valence-electron chi connectivity index (χ0n) is 24.2. The number of rotatable bonds is 9. The van der Waals surface area contributed by atoms with Crippen LogP contribution in [-0.4, -0.2) is 64.8 Å². The van der Waals surface area contributed by atoms with Crippen molar-refractivity contribution in [2.75, 3.05) is 31.1 Å². The first kappa shape index (κ1) is 30.3. The summed E-state index contributed by atoms with van der Waals surface area (Å²) in [4.78, 5) is 54.1. The summed E-state index contributed by atoms with van der Waals surface area (Å²) in [6.45, 7) is 3.44. The highest BCUT2D eigenvalue weighted by Crippen LogP contribution is 2.26. The molecule has 2 heterocycles. The van der Waals surface area contributed by atoms with E-state index in [1.165, 1.54) is 6.20 Å². The van der Waals surface area contributed by atoms with Gasteiger partial charge in [-0.05, 0) is 30.2 Å². The van der Waals surface area contributed by atoms with Crippen LogP contribution in [0.25, 0.3) is 10.9 Å². The number of carbonyl (C=O) groups excluding carboxylic acids is 2. The van der Waals surface area contributed by atoms with Crippen LogP contribution in [0.4, 0.5) is 14.9 Å². The lowest BCUT2D eigenvalue weighted by molar-refractivity contribution is -0.133. The highest BCUT2D eigenvalue weighted by atomic mass is 19.1. The molecule has 0 spiro atoms. The van der Waals surface area contributed by atoms with Crippen molar-refractivity contribution in [2.24, 2.45) is 0 Å². The Morgan fingerprint density at radius 1 is 0.955 bits per heavy atom. The molecule has 1 saturated heterocycles. The van der Waals surface area contributed by atoms with Gasteiger partial charge in [-0.1, -0.05) is 60.7 Å². The number of carbonyl (C=O) groups is 3. The van der Waals surface area contributed by atoms with Crippen molar-refractivity contribution in [1.29, 1.82) is 0 Å². The fraction of sp³-hybridized carbons (Fsp3) is 0.273. The number of pyridine rings is 1. The number of fused-ring (bicyclic) bond motifs is 1. The van der Waals surface area contributed by atoms with Gasteiger partial charge >= 0.3 is 12.1 Å². The minimum absolute atomic E-state index is 0.00390. The molecular weight excluding hydrogens is 567 g/mol. The maximum absolute atomic E-state index is 15.3. The molecule has 0 aliphatic carbocycles. The highest BCUT2D eigenvalue weighted by molar-refractivity contribution is 5.93. The fourth-order valence-electron chi connectivity index (χ4n) is 5.40. The molecule has 2 N–H and O–H groups in total. The number of nitrogens with zero attached hydrogens (tertiary/aromatic N) is 3. The first-order valence-electron chi connectivity index (χ1n) is 14.4. The van der Waals surface area contributed by atoms with E-state index < -0.39 is 34.9 Å². The summed E-state index contributed by atoms with van der Waals surface area (Å²) < 4.78 is 22.3. The average molecular weight is 601 g/mol. The van der Waals surface area contributed by atoms with Gasteiger partial charge in [0.2, 0.25) is 11.3 Å². The van der Waals surface area contributed by atoms with Gasteiger partial charge in [-0.3, -0.25) is 9.59 Å². The summed E-state index contributed by atoms with van der Waals surface area (Å²) >= 11 is 0. The van der Waals surface area contributed by atoms with Crippen LogP contribution in [0.3, 0.4) is 0 Å². The number of nitrogens with one attached hydrogen (secondary N) is 1. The number of halogens is 1. The number of anilines is 1. The Hall–Kier alpha value is -5.19. The number of carboxylic acid groups (broad SMARTS) is 1. The molecule has 228 valence electrons. The van der Waals surface area contributed by atoms with Crippen molar-refractivity contribution >= 4 is 34.6 Å². The molecule has 0 radical (unpaired) electrons. The van der Waals surface area contributed by atoms with Gasteiger partial charge in [-0.25, -0.2) is 14.0 Å². The Labute approximate surface area is 253 Å². The van der Waals surface area contributed by atoms with Crippen LogP contribution in [0, 0.1) is 5.82 Å². The van der Waals surface area contributed by atoms with E-state index in [1.54, 1.807) is 27.4 Å². The largest absolute Gasteiger partial charge is 0.477 e. The molecule has 4 aromatic rings. The minimum atomic E-state index is -1.37. The van der Waals surface area contributed by atoms with Gasteiger partial charge in [0.1, 0.15) is 24.0 Å². The first-order valence-corrected chi connectivity index (χ1v) is 14.4. The summed E-state index contributed by atoms with van der Waals surface area (Å²) in [5, 5.41) is 12.1. The number of hydrogen-bond acceptors (Lipinski definition) is 6. The monoisotopic (exact) mass is 600 g/mol. The molecule has 44 heavy (non-hydrogen) atoms. The number of aryl methyl sites for hydroxylation is 1. The van der Waals surface area contributed by atoms with E-state index in [4.69, 9.17) is 4.74 Å². The Bertz CT molecular complexity index is 1720. The second-order valence-corrected chi connectivity index (χ2v) is 10.5. The number of alkyl carbamates (subject to hydrolysis) is 1. The van der Waals surface area contributed by atoms with Crippen molar-refractivity contribution in [1.82, 2.24) is 14.8 Å². The molecule has 1 aliphatic rings. The Morgan fingerprint density at radius 3 is 2.20 bits per heavy atom. The van der Waals surface area contributed by atoms with Crippen LogP contribution < -0.4 is 15.6 Å². The summed E-state index contributed by atoms with van der Waals surface area (Å²) in [6, 6.07) is 20.4. The van der Waals surface area contributed by atoms with Crippen LogP contribution in [0.5, 0.6) is 0 Å². The van der Waals surface area contributed by atoms with E-state index in [0.29, 0.717) is 25.2 Å². The third-order valence-electron chi connectivity index (χ3n) is 7.74. The van der Waals surface area contributed by atoms with Crippen molar-refractivity contribution in [3.05, 3.63) is 112 Å². The molecule has 1 aromatic heterocycles. The second kappa shape index (κ2) is 13.4. The predicted molar refractivity (Wildman–Crippen MR) is 163 cm³/mol. The summed E-state index contributed by atoms with van der Waals surface area (Å²) in [5.74, 6) is -2.29. The van der Waals surface area contributed by atoms with E-state index in [9.17, 15) is 24.3 Å². The van der Waals surface area contributed by atoms with Gasteiger partial charge in [0.05, 0.1) is 11.2 Å². The van der Waals surface area contributed by atoms with Crippen LogP contribution in [0.1, 0.15) is 28.4 Å². The molecule has 5 rings (SSSR count). The Balaban J connectivity index is 1.30. The lowest BCUT2D eigenvalue weighted by Crippen LogP contribution is -2.55. The van der Waals surface area contributed by atoms with Gasteiger partial charge in [0, 0.05) is 50.7 Å². The lowest BCUT2D eigenvalue weighted by Gasteiger charge is -2.38.